The number of anilines is 1. The van der Waals surface area contributed by atoms with Gasteiger partial charge in [-0.15, -0.1) is 11.3 Å². The van der Waals surface area contributed by atoms with Crippen molar-refractivity contribution in [1.82, 2.24) is 4.98 Å². The van der Waals surface area contributed by atoms with Crippen LogP contribution in [0.25, 0.3) is 31.6 Å². The number of nitrogens with zero attached hydrogens (tertiary/aromatic N) is 1. The van der Waals surface area contributed by atoms with Crippen molar-refractivity contribution in [3.8, 4) is 16.3 Å². The summed E-state index contributed by atoms with van der Waals surface area (Å²) in [5.74, 6) is 0.309. The average Bonchev–Trinajstić information content (AvgIpc) is 3.17. The summed E-state index contributed by atoms with van der Waals surface area (Å²) in [6.07, 6.45) is 0. The van der Waals surface area contributed by atoms with Crippen molar-refractivity contribution in [1.29, 1.82) is 0 Å². The van der Waals surface area contributed by atoms with Crippen LogP contribution >= 0.6 is 11.3 Å². The number of phenols is 1. The molecule has 0 fully saturated rings. The Balaban J connectivity index is 1.51. The van der Waals surface area contributed by atoms with Gasteiger partial charge in [-0.2, -0.15) is 0 Å². The van der Waals surface area contributed by atoms with Gasteiger partial charge in [0.25, 0.3) is 0 Å². The monoisotopic (exact) mass is 382 g/mol. The third kappa shape index (κ3) is 2.98. The Bertz CT molecular complexity index is 1260. The van der Waals surface area contributed by atoms with Crippen LogP contribution in [0, 0.1) is 0 Å². The van der Waals surface area contributed by atoms with E-state index >= 15 is 0 Å². The Labute approximate surface area is 166 Å². The van der Waals surface area contributed by atoms with E-state index in [2.05, 4.69) is 29.6 Å². The van der Waals surface area contributed by atoms with Gasteiger partial charge in [0.2, 0.25) is 0 Å². The number of rotatable bonds is 4. The van der Waals surface area contributed by atoms with Crippen LogP contribution in [0.5, 0.6) is 5.75 Å². The van der Waals surface area contributed by atoms with E-state index in [1.165, 1.54) is 4.70 Å². The molecule has 0 saturated heterocycles. The largest absolute Gasteiger partial charge is 0.508 e. The Morgan fingerprint density at radius 1 is 0.821 bits per heavy atom. The van der Waals surface area contributed by atoms with E-state index < -0.39 is 0 Å². The maximum absolute atomic E-state index is 10.4. The molecule has 0 aliphatic rings. The zero-order valence-electron chi connectivity index (χ0n) is 15.1. The summed E-state index contributed by atoms with van der Waals surface area (Å²) in [5.41, 5.74) is 4.00. The first-order chi connectivity index (χ1) is 13.8. The van der Waals surface area contributed by atoms with Gasteiger partial charge in [0.05, 0.1) is 10.2 Å². The minimum absolute atomic E-state index is 0.309. The van der Waals surface area contributed by atoms with E-state index in [1.54, 1.807) is 17.4 Å². The second-order valence-corrected chi connectivity index (χ2v) is 7.70. The van der Waals surface area contributed by atoms with Gasteiger partial charge < -0.3 is 10.4 Å². The molecule has 0 spiro atoms. The van der Waals surface area contributed by atoms with Crippen LogP contribution < -0.4 is 5.32 Å². The topological polar surface area (TPSA) is 45.1 Å². The number of aromatic hydroxyl groups is 1. The van der Waals surface area contributed by atoms with Gasteiger partial charge in [-0.05, 0) is 41.1 Å². The molecule has 5 aromatic rings. The number of aromatic nitrogens is 1. The van der Waals surface area contributed by atoms with E-state index in [4.69, 9.17) is 4.98 Å². The number of benzene rings is 4. The molecule has 0 amide bonds. The minimum atomic E-state index is 0.309. The first-order valence-electron chi connectivity index (χ1n) is 9.18. The lowest BCUT2D eigenvalue weighted by atomic mass is 10.0. The molecule has 136 valence electrons. The van der Waals surface area contributed by atoms with Crippen LogP contribution in [0.15, 0.2) is 84.9 Å². The first-order valence-corrected chi connectivity index (χ1v) is 10.00. The molecule has 0 aliphatic heterocycles. The SMILES string of the molecule is Oc1ccc2ccccc2c1CNc1ccccc1-c1nc2ccccc2s1. The lowest BCUT2D eigenvalue weighted by Gasteiger charge is -2.13. The predicted molar refractivity (Wildman–Crippen MR) is 118 cm³/mol. The number of phenolic OH excluding ortho intramolecular Hbond substituents is 1. The molecule has 4 aromatic carbocycles. The van der Waals surface area contributed by atoms with Crippen molar-refractivity contribution in [2.75, 3.05) is 5.32 Å². The molecule has 0 aliphatic carbocycles. The van der Waals surface area contributed by atoms with Crippen molar-refractivity contribution < 1.29 is 5.11 Å². The van der Waals surface area contributed by atoms with Gasteiger partial charge >= 0.3 is 0 Å². The third-order valence-corrected chi connectivity index (χ3v) is 5.99. The zero-order chi connectivity index (χ0) is 18.9. The molecule has 0 radical (unpaired) electrons. The van der Waals surface area contributed by atoms with Crippen LogP contribution in [0.1, 0.15) is 5.56 Å². The minimum Gasteiger partial charge on any atom is -0.508 e. The molecule has 4 heteroatoms. The van der Waals surface area contributed by atoms with Crippen molar-refractivity contribution in [3.05, 3.63) is 90.5 Å². The van der Waals surface area contributed by atoms with Gasteiger partial charge in [-0.1, -0.05) is 54.6 Å². The number of hydrogen-bond acceptors (Lipinski definition) is 4. The Kier molecular flexibility index (Phi) is 4.18. The van der Waals surface area contributed by atoms with Crippen LogP contribution in [0.3, 0.4) is 0 Å². The highest BCUT2D eigenvalue weighted by Gasteiger charge is 2.12. The van der Waals surface area contributed by atoms with Gasteiger partial charge in [-0.25, -0.2) is 4.98 Å². The molecular formula is C24H18N2OS. The molecule has 1 heterocycles. The molecule has 0 saturated carbocycles. The normalized spacial score (nSPS) is 11.1. The molecule has 28 heavy (non-hydrogen) atoms. The number of para-hydroxylation sites is 2. The number of nitrogens with one attached hydrogen (secondary N) is 1. The number of hydrogen-bond donors (Lipinski definition) is 2. The van der Waals surface area contributed by atoms with Crippen LogP contribution in [-0.4, -0.2) is 10.1 Å². The van der Waals surface area contributed by atoms with E-state index in [9.17, 15) is 5.11 Å². The summed E-state index contributed by atoms with van der Waals surface area (Å²) in [7, 11) is 0. The lowest BCUT2D eigenvalue weighted by Crippen LogP contribution is -2.02. The fraction of sp³-hybridized carbons (Fsp3) is 0.0417. The summed E-state index contributed by atoms with van der Waals surface area (Å²) < 4.78 is 1.18. The highest BCUT2D eigenvalue weighted by Crippen LogP contribution is 2.35. The molecule has 3 nitrogen and oxygen atoms in total. The maximum Gasteiger partial charge on any atom is 0.126 e. The highest BCUT2D eigenvalue weighted by molar-refractivity contribution is 7.21. The highest BCUT2D eigenvalue weighted by atomic mass is 32.1. The molecule has 1 aromatic heterocycles. The molecule has 0 atom stereocenters. The molecule has 2 N–H and O–H groups in total. The second-order valence-electron chi connectivity index (χ2n) is 6.67. The van der Waals surface area contributed by atoms with E-state index in [-0.39, 0.29) is 0 Å². The smallest absolute Gasteiger partial charge is 0.126 e. The third-order valence-electron chi connectivity index (χ3n) is 4.92. The van der Waals surface area contributed by atoms with Crippen molar-refractivity contribution in [3.63, 3.8) is 0 Å². The standard InChI is InChI=1S/C24H18N2OS/c27-22-14-13-16-7-1-2-8-17(16)19(22)15-25-20-10-4-3-9-18(20)24-26-21-11-5-6-12-23(21)28-24/h1-14,25,27H,15H2. The summed E-state index contributed by atoms with van der Waals surface area (Å²) in [6.45, 7) is 0.537. The summed E-state index contributed by atoms with van der Waals surface area (Å²) >= 11 is 1.69. The lowest BCUT2D eigenvalue weighted by molar-refractivity contribution is 0.470. The van der Waals surface area contributed by atoms with Crippen molar-refractivity contribution in [2.45, 2.75) is 6.54 Å². The molecule has 0 unspecified atom stereocenters. The maximum atomic E-state index is 10.4. The van der Waals surface area contributed by atoms with Crippen LogP contribution in [0.2, 0.25) is 0 Å². The molecule has 5 rings (SSSR count). The van der Waals surface area contributed by atoms with Crippen molar-refractivity contribution in [2.24, 2.45) is 0 Å². The second kappa shape index (κ2) is 6.98. The number of thiazole rings is 1. The van der Waals surface area contributed by atoms with Gasteiger partial charge in [0.1, 0.15) is 10.8 Å². The van der Waals surface area contributed by atoms with Gasteiger partial charge in [-0.3, -0.25) is 0 Å². The fourth-order valence-corrected chi connectivity index (χ4v) is 4.51. The summed E-state index contributed by atoms with van der Waals surface area (Å²) in [5, 5.41) is 17.1. The van der Waals surface area contributed by atoms with E-state index in [1.807, 2.05) is 54.6 Å². The van der Waals surface area contributed by atoms with E-state index in [0.29, 0.717) is 12.3 Å². The van der Waals surface area contributed by atoms with E-state index in [0.717, 1.165) is 38.1 Å². The summed E-state index contributed by atoms with van der Waals surface area (Å²) in [4.78, 5) is 4.80. The zero-order valence-corrected chi connectivity index (χ0v) is 15.9. The Morgan fingerprint density at radius 2 is 1.61 bits per heavy atom. The Morgan fingerprint density at radius 3 is 2.54 bits per heavy atom. The Hall–Kier alpha value is -3.37. The van der Waals surface area contributed by atoms with Gasteiger partial charge in [0.15, 0.2) is 0 Å². The predicted octanol–water partition coefficient (Wildman–Crippen LogP) is 6.43. The summed E-state index contributed by atoms with van der Waals surface area (Å²) in [6, 6.07) is 28.2. The first kappa shape index (κ1) is 16.8. The van der Waals surface area contributed by atoms with Crippen LogP contribution in [-0.2, 0) is 6.54 Å². The molecule has 0 bridgehead atoms. The number of fused-ring (bicyclic) bond motifs is 2. The van der Waals surface area contributed by atoms with Crippen molar-refractivity contribution >= 4 is 38.0 Å². The average molecular weight is 382 g/mol. The molecular weight excluding hydrogens is 364 g/mol. The van der Waals surface area contributed by atoms with Crippen LogP contribution in [0.4, 0.5) is 5.69 Å². The fourth-order valence-electron chi connectivity index (χ4n) is 3.51. The quantitative estimate of drug-likeness (QED) is 0.376. The van der Waals surface area contributed by atoms with Gasteiger partial charge in [0, 0.05) is 23.4 Å².